The third-order valence-corrected chi connectivity index (χ3v) is 6.29. The summed E-state index contributed by atoms with van der Waals surface area (Å²) in [5.41, 5.74) is 2.17. The molecule has 0 bridgehead atoms. The van der Waals surface area contributed by atoms with Crippen LogP contribution in [-0.4, -0.2) is 39.6 Å². The molecule has 0 radical (unpaired) electrons. The Hall–Kier alpha value is -1.43. The molecule has 1 atom stereocenters. The van der Waals surface area contributed by atoms with Gasteiger partial charge in [-0.15, -0.1) is 11.8 Å². The van der Waals surface area contributed by atoms with Gasteiger partial charge in [0.2, 0.25) is 0 Å². The first-order valence-corrected chi connectivity index (χ1v) is 9.32. The summed E-state index contributed by atoms with van der Waals surface area (Å²) in [5, 5.41) is 0. The Morgan fingerprint density at radius 2 is 2.04 bits per heavy atom. The zero-order valence-corrected chi connectivity index (χ0v) is 14.3. The lowest BCUT2D eigenvalue weighted by molar-refractivity contribution is 0.0251. The normalized spacial score (nSPS) is 22.6. The Kier molecular flexibility index (Phi) is 4.57. The number of pyridine rings is 1. The number of halogens is 1. The molecule has 24 heavy (non-hydrogen) atoms. The van der Waals surface area contributed by atoms with Crippen molar-refractivity contribution >= 4 is 11.8 Å². The summed E-state index contributed by atoms with van der Waals surface area (Å²) in [6, 6.07) is 12.8. The number of hydrogen-bond donors (Lipinski definition) is 0. The van der Waals surface area contributed by atoms with Gasteiger partial charge < -0.3 is 4.74 Å². The third-order valence-electron chi connectivity index (χ3n) is 4.71. The van der Waals surface area contributed by atoms with E-state index in [9.17, 15) is 4.39 Å². The molecule has 0 unspecified atom stereocenters. The van der Waals surface area contributed by atoms with E-state index < -0.39 is 0 Å². The van der Waals surface area contributed by atoms with Crippen molar-refractivity contribution in [1.82, 2.24) is 9.88 Å². The number of benzene rings is 1. The Bertz CT molecular complexity index is 674. The van der Waals surface area contributed by atoms with Gasteiger partial charge in [-0.1, -0.05) is 18.2 Å². The maximum Gasteiger partial charge on any atom is 0.123 e. The first-order chi connectivity index (χ1) is 11.7. The SMILES string of the molecule is Fc1ccc(CN2CC3(C[C@H](OCc4ccccn4)CS3)C2)cc1. The molecule has 2 saturated heterocycles. The van der Waals surface area contributed by atoms with Gasteiger partial charge >= 0.3 is 0 Å². The molecule has 0 N–H and O–H groups in total. The van der Waals surface area contributed by atoms with Crippen molar-refractivity contribution in [1.29, 1.82) is 0 Å². The van der Waals surface area contributed by atoms with Crippen LogP contribution in [0.25, 0.3) is 0 Å². The Balaban J connectivity index is 1.23. The topological polar surface area (TPSA) is 25.4 Å². The quantitative estimate of drug-likeness (QED) is 0.829. The summed E-state index contributed by atoms with van der Waals surface area (Å²) in [6.45, 7) is 3.69. The molecule has 2 aliphatic rings. The fourth-order valence-electron chi connectivity index (χ4n) is 3.55. The predicted octanol–water partition coefficient (Wildman–Crippen LogP) is 3.50. The largest absolute Gasteiger partial charge is 0.371 e. The molecule has 3 heterocycles. The second kappa shape index (κ2) is 6.82. The van der Waals surface area contributed by atoms with E-state index in [0.717, 1.165) is 37.5 Å². The highest BCUT2D eigenvalue weighted by Gasteiger charge is 2.49. The Morgan fingerprint density at radius 1 is 1.21 bits per heavy atom. The zero-order valence-electron chi connectivity index (χ0n) is 13.5. The number of thioether (sulfide) groups is 1. The number of likely N-dealkylation sites (tertiary alicyclic amines) is 1. The van der Waals surface area contributed by atoms with Gasteiger partial charge in [0, 0.05) is 36.3 Å². The summed E-state index contributed by atoms with van der Waals surface area (Å²) in [6.07, 6.45) is 3.25. The van der Waals surface area contributed by atoms with Crippen molar-refractivity contribution in [3.8, 4) is 0 Å². The first-order valence-electron chi connectivity index (χ1n) is 8.33. The number of aromatic nitrogens is 1. The molecule has 2 aromatic rings. The molecule has 5 heteroatoms. The van der Waals surface area contributed by atoms with Crippen LogP contribution in [0.5, 0.6) is 0 Å². The summed E-state index contributed by atoms with van der Waals surface area (Å²) in [7, 11) is 0. The lowest BCUT2D eigenvalue weighted by atomic mass is 9.92. The van der Waals surface area contributed by atoms with Crippen molar-refractivity contribution in [2.24, 2.45) is 0 Å². The Labute approximate surface area is 146 Å². The second-order valence-corrected chi connectivity index (χ2v) is 8.21. The summed E-state index contributed by atoms with van der Waals surface area (Å²) in [5.74, 6) is 0.898. The van der Waals surface area contributed by atoms with Crippen LogP contribution in [0, 0.1) is 5.82 Å². The summed E-state index contributed by atoms with van der Waals surface area (Å²) in [4.78, 5) is 6.74. The number of ether oxygens (including phenoxy) is 1. The fraction of sp³-hybridized carbons (Fsp3) is 0.421. The van der Waals surface area contributed by atoms with Gasteiger partial charge in [-0.05, 0) is 36.2 Å². The van der Waals surface area contributed by atoms with Gasteiger partial charge in [-0.25, -0.2) is 4.39 Å². The maximum absolute atomic E-state index is 13.0. The van der Waals surface area contributed by atoms with Crippen LogP contribution in [0.15, 0.2) is 48.7 Å². The van der Waals surface area contributed by atoms with Crippen molar-refractivity contribution < 1.29 is 9.13 Å². The molecule has 2 aliphatic heterocycles. The zero-order chi connectivity index (χ0) is 16.4. The van der Waals surface area contributed by atoms with Gasteiger partial charge in [0.25, 0.3) is 0 Å². The minimum Gasteiger partial charge on any atom is -0.371 e. The summed E-state index contributed by atoms with van der Waals surface area (Å²) < 4.78 is 19.4. The van der Waals surface area contributed by atoms with E-state index in [0.29, 0.717) is 17.5 Å². The van der Waals surface area contributed by atoms with Crippen LogP contribution in [0.2, 0.25) is 0 Å². The van der Waals surface area contributed by atoms with Gasteiger partial charge in [-0.2, -0.15) is 0 Å². The standard InChI is InChI=1S/C19H21FN2OS/c20-16-6-4-15(5-7-16)10-22-13-19(14-22)9-18(12-24-19)23-11-17-3-1-2-8-21-17/h1-8,18H,9-14H2/t18-/m0/s1. The Morgan fingerprint density at radius 3 is 2.79 bits per heavy atom. The highest BCUT2D eigenvalue weighted by molar-refractivity contribution is 8.01. The van der Waals surface area contributed by atoms with Crippen LogP contribution in [0.3, 0.4) is 0 Å². The molecule has 3 nitrogen and oxygen atoms in total. The van der Waals surface area contributed by atoms with Crippen LogP contribution in [0.4, 0.5) is 4.39 Å². The summed E-state index contributed by atoms with van der Waals surface area (Å²) >= 11 is 2.04. The minimum absolute atomic E-state index is 0.168. The minimum atomic E-state index is -0.168. The average Bonchev–Trinajstić information content (AvgIpc) is 3.00. The maximum atomic E-state index is 13.0. The van der Waals surface area contributed by atoms with Gasteiger partial charge in [-0.3, -0.25) is 9.88 Å². The monoisotopic (exact) mass is 344 g/mol. The molecular weight excluding hydrogens is 323 g/mol. The average molecular weight is 344 g/mol. The van der Waals surface area contributed by atoms with Crippen LogP contribution in [0.1, 0.15) is 17.7 Å². The highest BCUT2D eigenvalue weighted by Crippen LogP contribution is 2.46. The number of nitrogens with zero attached hydrogens (tertiary/aromatic N) is 2. The van der Waals surface area contributed by atoms with Crippen LogP contribution in [-0.2, 0) is 17.9 Å². The molecular formula is C19H21FN2OS. The smallest absolute Gasteiger partial charge is 0.123 e. The highest BCUT2D eigenvalue weighted by atomic mass is 32.2. The number of rotatable bonds is 5. The molecule has 4 rings (SSSR count). The number of hydrogen-bond acceptors (Lipinski definition) is 4. The lowest BCUT2D eigenvalue weighted by Gasteiger charge is -2.47. The van der Waals surface area contributed by atoms with Gasteiger partial charge in [0.05, 0.1) is 18.4 Å². The second-order valence-electron chi connectivity index (χ2n) is 6.72. The lowest BCUT2D eigenvalue weighted by Crippen LogP contribution is -2.58. The fourth-order valence-corrected chi connectivity index (χ4v) is 5.15. The molecule has 0 saturated carbocycles. The van der Waals surface area contributed by atoms with E-state index in [4.69, 9.17) is 4.74 Å². The van der Waals surface area contributed by atoms with E-state index in [1.165, 1.54) is 17.7 Å². The molecule has 1 aromatic heterocycles. The van der Waals surface area contributed by atoms with Crippen molar-refractivity contribution in [2.45, 2.75) is 30.4 Å². The molecule has 0 amide bonds. The molecule has 2 fully saturated rings. The van der Waals surface area contributed by atoms with Crippen LogP contribution >= 0.6 is 11.8 Å². The van der Waals surface area contributed by atoms with Crippen molar-refractivity contribution in [3.63, 3.8) is 0 Å². The third kappa shape index (κ3) is 3.63. The van der Waals surface area contributed by atoms with Gasteiger partial charge in [0.15, 0.2) is 0 Å². The van der Waals surface area contributed by atoms with Crippen molar-refractivity contribution in [2.75, 3.05) is 18.8 Å². The van der Waals surface area contributed by atoms with Crippen molar-refractivity contribution in [3.05, 3.63) is 65.7 Å². The molecule has 0 aliphatic carbocycles. The van der Waals surface area contributed by atoms with E-state index >= 15 is 0 Å². The van der Waals surface area contributed by atoms with Gasteiger partial charge in [0.1, 0.15) is 5.82 Å². The van der Waals surface area contributed by atoms with E-state index in [1.54, 1.807) is 0 Å². The predicted molar refractivity (Wildman–Crippen MR) is 94.3 cm³/mol. The first kappa shape index (κ1) is 16.1. The molecule has 1 aromatic carbocycles. The van der Waals surface area contributed by atoms with E-state index in [-0.39, 0.29) is 5.82 Å². The molecule has 126 valence electrons. The molecule has 1 spiro atoms. The van der Waals surface area contributed by atoms with E-state index in [2.05, 4.69) is 9.88 Å². The van der Waals surface area contributed by atoms with Crippen LogP contribution < -0.4 is 0 Å². The van der Waals surface area contributed by atoms with E-state index in [1.807, 2.05) is 48.3 Å².